The number of aryl methyl sites for hydroxylation is 1. The lowest BCUT2D eigenvalue weighted by Crippen LogP contribution is -2.02. The van der Waals surface area contributed by atoms with E-state index in [-0.39, 0.29) is 0 Å². The molecule has 0 fully saturated rings. The molecular formula is C6H8BrN3. The van der Waals surface area contributed by atoms with E-state index in [9.17, 15) is 0 Å². The lowest BCUT2D eigenvalue weighted by Gasteiger charge is -1.98. The second kappa shape index (κ2) is 3.07. The van der Waals surface area contributed by atoms with Crippen molar-refractivity contribution >= 4 is 15.9 Å². The average Bonchev–Trinajstić information content (AvgIpc) is 1.94. The molecule has 2 N–H and O–H groups in total. The Morgan fingerprint density at radius 2 is 2.40 bits per heavy atom. The Balaban J connectivity index is 3.09. The molecule has 0 aliphatic heterocycles. The molecule has 0 bridgehead atoms. The summed E-state index contributed by atoms with van der Waals surface area (Å²) < 4.78 is 0.876. The fourth-order valence-corrected chi connectivity index (χ4v) is 0.998. The van der Waals surface area contributed by atoms with Crippen molar-refractivity contribution in [2.24, 2.45) is 5.73 Å². The molecule has 0 saturated heterocycles. The monoisotopic (exact) mass is 201 g/mol. The summed E-state index contributed by atoms with van der Waals surface area (Å²) in [6.45, 7) is 2.29. The molecule has 1 aromatic rings. The SMILES string of the molecule is Cc1ncc(Br)c(CN)n1. The third-order valence-corrected chi connectivity index (χ3v) is 1.79. The summed E-state index contributed by atoms with van der Waals surface area (Å²) in [4.78, 5) is 8.08. The highest BCUT2D eigenvalue weighted by Gasteiger charge is 1.98. The molecule has 0 aliphatic rings. The van der Waals surface area contributed by atoms with Gasteiger partial charge in [0.25, 0.3) is 0 Å². The molecule has 0 aliphatic carbocycles. The molecule has 0 unspecified atom stereocenters. The second-order valence-electron chi connectivity index (χ2n) is 1.92. The lowest BCUT2D eigenvalue weighted by atomic mass is 10.4. The number of hydrogen-bond acceptors (Lipinski definition) is 3. The Morgan fingerprint density at radius 3 is 2.90 bits per heavy atom. The first-order valence-corrected chi connectivity index (χ1v) is 3.71. The van der Waals surface area contributed by atoms with Crippen molar-refractivity contribution in [1.82, 2.24) is 9.97 Å². The van der Waals surface area contributed by atoms with Crippen LogP contribution >= 0.6 is 15.9 Å². The van der Waals surface area contributed by atoms with Crippen molar-refractivity contribution in [3.8, 4) is 0 Å². The molecular weight excluding hydrogens is 194 g/mol. The summed E-state index contributed by atoms with van der Waals surface area (Å²) in [6, 6.07) is 0. The largest absolute Gasteiger partial charge is 0.325 e. The molecule has 0 atom stereocenters. The topological polar surface area (TPSA) is 51.8 Å². The first kappa shape index (κ1) is 7.63. The molecule has 0 aromatic carbocycles. The second-order valence-corrected chi connectivity index (χ2v) is 2.77. The van der Waals surface area contributed by atoms with E-state index in [0.29, 0.717) is 6.54 Å². The van der Waals surface area contributed by atoms with Gasteiger partial charge in [0.15, 0.2) is 0 Å². The molecule has 0 spiro atoms. The Morgan fingerprint density at radius 1 is 1.70 bits per heavy atom. The van der Waals surface area contributed by atoms with Gasteiger partial charge in [0.05, 0.1) is 10.2 Å². The highest BCUT2D eigenvalue weighted by Crippen LogP contribution is 2.11. The third-order valence-electron chi connectivity index (χ3n) is 1.13. The molecule has 4 heteroatoms. The van der Waals surface area contributed by atoms with Crippen LogP contribution in [0.5, 0.6) is 0 Å². The van der Waals surface area contributed by atoms with Crippen LogP contribution in [0.4, 0.5) is 0 Å². The quantitative estimate of drug-likeness (QED) is 0.739. The molecule has 0 saturated carbocycles. The van der Waals surface area contributed by atoms with Crippen molar-refractivity contribution in [3.05, 3.63) is 22.2 Å². The summed E-state index contributed by atoms with van der Waals surface area (Å²) in [5.74, 6) is 0.753. The molecule has 0 amide bonds. The molecule has 1 rings (SSSR count). The van der Waals surface area contributed by atoms with Crippen LogP contribution in [0.15, 0.2) is 10.7 Å². The van der Waals surface area contributed by atoms with Crippen molar-refractivity contribution in [3.63, 3.8) is 0 Å². The summed E-state index contributed by atoms with van der Waals surface area (Å²) in [6.07, 6.45) is 1.71. The standard InChI is InChI=1S/C6H8BrN3/c1-4-9-3-5(7)6(2-8)10-4/h3H,2,8H2,1H3. The first-order valence-electron chi connectivity index (χ1n) is 2.92. The third kappa shape index (κ3) is 1.52. The summed E-state index contributed by atoms with van der Waals surface area (Å²) >= 11 is 3.29. The van der Waals surface area contributed by atoms with E-state index in [1.165, 1.54) is 0 Å². The van der Waals surface area contributed by atoms with Gasteiger partial charge in [-0.2, -0.15) is 0 Å². The average molecular weight is 202 g/mol. The first-order chi connectivity index (χ1) is 4.74. The van der Waals surface area contributed by atoms with Gasteiger partial charge in [-0.05, 0) is 22.9 Å². The zero-order chi connectivity index (χ0) is 7.56. The molecule has 54 valence electrons. The zero-order valence-corrected chi connectivity index (χ0v) is 7.22. The molecule has 10 heavy (non-hydrogen) atoms. The van der Waals surface area contributed by atoms with Gasteiger partial charge in [0.2, 0.25) is 0 Å². The number of hydrogen-bond donors (Lipinski definition) is 1. The van der Waals surface area contributed by atoms with E-state index in [1.807, 2.05) is 6.92 Å². The maximum atomic E-state index is 5.40. The predicted octanol–water partition coefficient (Wildman–Crippen LogP) is 1.01. The fourth-order valence-electron chi connectivity index (χ4n) is 0.645. The molecule has 1 heterocycles. The minimum atomic E-state index is 0.448. The van der Waals surface area contributed by atoms with Gasteiger partial charge in [0.1, 0.15) is 5.82 Å². The van der Waals surface area contributed by atoms with E-state index >= 15 is 0 Å². The van der Waals surface area contributed by atoms with Crippen LogP contribution in [0.1, 0.15) is 11.5 Å². The Hall–Kier alpha value is -0.480. The van der Waals surface area contributed by atoms with Crippen molar-refractivity contribution < 1.29 is 0 Å². The van der Waals surface area contributed by atoms with Crippen LogP contribution in [0.25, 0.3) is 0 Å². The van der Waals surface area contributed by atoms with Crippen LogP contribution in [0.3, 0.4) is 0 Å². The normalized spacial score (nSPS) is 9.90. The molecule has 1 aromatic heterocycles. The lowest BCUT2D eigenvalue weighted by molar-refractivity contribution is 0.914. The maximum absolute atomic E-state index is 5.40. The fraction of sp³-hybridized carbons (Fsp3) is 0.333. The van der Waals surface area contributed by atoms with E-state index in [1.54, 1.807) is 6.20 Å². The number of nitrogens with zero attached hydrogens (tertiary/aromatic N) is 2. The summed E-state index contributed by atoms with van der Waals surface area (Å²) in [5, 5.41) is 0. The van der Waals surface area contributed by atoms with Gasteiger partial charge in [-0.25, -0.2) is 9.97 Å². The van der Waals surface area contributed by atoms with E-state index in [4.69, 9.17) is 5.73 Å². The minimum absolute atomic E-state index is 0.448. The van der Waals surface area contributed by atoms with Gasteiger partial charge in [0, 0.05) is 12.7 Å². The van der Waals surface area contributed by atoms with Crippen molar-refractivity contribution in [2.45, 2.75) is 13.5 Å². The van der Waals surface area contributed by atoms with Gasteiger partial charge < -0.3 is 5.73 Å². The van der Waals surface area contributed by atoms with Gasteiger partial charge >= 0.3 is 0 Å². The number of aromatic nitrogens is 2. The predicted molar refractivity (Wildman–Crippen MR) is 42.4 cm³/mol. The van der Waals surface area contributed by atoms with Crippen molar-refractivity contribution in [2.75, 3.05) is 0 Å². The Bertz CT molecular complexity index is 236. The van der Waals surface area contributed by atoms with E-state index < -0.39 is 0 Å². The minimum Gasteiger partial charge on any atom is -0.325 e. The van der Waals surface area contributed by atoms with E-state index in [2.05, 4.69) is 25.9 Å². The van der Waals surface area contributed by atoms with E-state index in [0.717, 1.165) is 16.0 Å². The van der Waals surface area contributed by atoms with Crippen molar-refractivity contribution in [1.29, 1.82) is 0 Å². The van der Waals surface area contributed by atoms with Crippen LogP contribution < -0.4 is 5.73 Å². The smallest absolute Gasteiger partial charge is 0.125 e. The van der Waals surface area contributed by atoms with Crippen LogP contribution in [-0.2, 0) is 6.54 Å². The van der Waals surface area contributed by atoms with Gasteiger partial charge in [-0.3, -0.25) is 0 Å². The van der Waals surface area contributed by atoms with Crippen LogP contribution in [0.2, 0.25) is 0 Å². The highest BCUT2D eigenvalue weighted by molar-refractivity contribution is 9.10. The van der Waals surface area contributed by atoms with Crippen LogP contribution in [-0.4, -0.2) is 9.97 Å². The van der Waals surface area contributed by atoms with Gasteiger partial charge in [-0.1, -0.05) is 0 Å². The number of halogens is 1. The molecule has 0 radical (unpaired) electrons. The van der Waals surface area contributed by atoms with Crippen LogP contribution in [0, 0.1) is 6.92 Å². The number of nitrogens with two attached hydrogens (primary N) is 1. The summed E-state index contributed by atoms with van der Waals surface area (Å²) in [7, 11) is 0. The molecule has 3 nitrogen and oxygen atoms in total. The Kier molecular flexibility index (Phi) is 2.34. The number of rotatable bonds is 1. The summed E-state index contributed by atoms with van der Waals surface area (Å²) in [5.41, 5.74) is 6.25. The highest BCUT2D eigenvalue weighted by atomic mass is 79.9. The maximum Gasteiger partial charge on any atom is 0.125 e. The zero-order valence-electron chi connectivity index (χ0n) is 5.63. The Labute approximate surface area is 67.8 Å². The van der Waals surface area contributed by atoms with Gasteiger partial charge in [-0.15, -0.1) is 0 Å².